The van der Waals surface area contributed by atoms with Gasteiger partial charge in [0.1, 0.15) is 11.1 Å². The third kappa shape index (κ3) is 3.27. The average Bonchev–Trinajstić information content (AvgIpc) is 2.76. The first-order valence-corrected chi connectivity index (χ1v) is 7.52. The van der Waals surface area contributed by atoms with Gasteiger partial charge in [0.25, 0.3) is 0 Å². The monoisotopic (exact) mass is 278 g/mol. The molecule has 1 aliphatic rings. The topological polar surface area (TPSA) is 62.1 Å². The van der Waals surface area contributed by atoms with E-state index in [9.17, 15) is 10.1 Å². The Balaban J connectivity index is 1.99. The van der Waals surface area contributed by atoms with Crippen molar-refractivity contribution < 1.29 is 9.53 Å². The summed E-state index contributed by atoms with van der Waals surface area (Å²) in [5.41, 5.74) is 2.00. The molecule has 0 aliphatic heterocycles. The molecular weight excluding hydrogens is 260 g/mol. The van der Waals surface area contributed by atoms with Crippen molar-refractivity contribution >= 4 is 22.3 Å². The number of fused-ring (bicyclic) bond motifs is 1. The SMILES string of the molecule is CCOC(=O)CCNc1sc2c(c1C#N)CCCC2. The van der Waals surface area contributed by atoms with E-state index >= 15 is 0 Å². The highest BCUT2D eigenvalue weighted by molar-refractivity contribution is 7.16. The van der Waals surface area contributed by atoms with Crippen molar-refractivity contribution in [2.75, 3.05) is 18.5 Å². The first-order chi connectivity index (χ1) is 9.26. The zero-order chi connectivity index (χ0) is 13.7. The van der Waals surface area contributed by atoms with Gasteiger partial charge in [-0.05, 0) is 38.2 Å². The van der Waals surface area contributed by atoms with Crippen molar-refractivity contribution in [2.45, 2.75) is 39.0 Å². The van der Waals surface area contributed by atoms with Crippen LogP contribution in [0.4, 0.5) is 5.00 Å². The van der Waals surface area contributed by atoms with E-state index in [4.69, 9.17) is 4.74 Å². The van der Waals surface area contributed by atoms with E-state index in [-0.39, 0.29) is 5.97 Å². The molecule has 5 heteroatoms. The Morgan fingerprint density at radius 1 is 1.47 bits per heavy atom. The van der Waals surface area contributed by atoms with E-state index < -0.39 is 0 Å². The summed E-state index contributed by atoms with van der Waals surface area (Å²) in [5.74, 6) is -0.199. The van der Waals surface area contributed by atoms with Crippen molar-refractivity contribution in [3.05, 3.63) is 16.0 Å². The molecule has 0 saturated heterocycles. The third-order valence-corrected chi connectivity index (χ3v) is 4.45. The molecule has 19 heavy (non-hydrogen) atoms. The third-order valence-electron chi connectivity index (χ3n) is 3.20. The predicted molar refractivity (Wildman–Crippen MR) is 75.4 cm³/mol. The zero-order valence-electron chi connectivity index (χ0n) is 11.1. The molecule has 2 rings (SSSR count). The molecule has 0 unspecified atom stereocenters. The Morgan fingerprint density at radius 3 is 3.00 bits per heavy atom. The number of carbonyl (C=O) groups is 1. The number of anilines is 1. The summed E-state index contributed by atoms with van der Waals surface area (Å²) < 4.78 is 4.88. The van der Waals surface area contributed by atoms with Crippen LogP contribution in [-0.2, 0) is 22.4 Å². The van der Waals surface area contributed by atoms with Crippen LogP contribution < -0.4 is 5.32 Å². The molecule has 0 spiro atoms. The molecule has 0 amide bonds. The number of nitrogens with zero attached hydrogens (tertiary/aromatic N) is 1. The molecule has 1 aromatic rings. The minimum absolute atomic E-state index is 0.199. The van der Waals surface area contributed by atoms with Crippen LogP contribution >= 0.6 is 11.3 Å². The first-order valence-electron chi connectivity index (χ1n) is 6.70. The number of hydrogen-bond donors (Lipinski definition) is 1. The lowest BCUT2D eigenvalue weighted by atomic mass is 9.96. The van der Waals surface area contributed by atoms with Crippen LogP contribution in [-0.4, -0.2) is 19.1 Å². The van der Waals surface area contributed by atoms with Gasteiger partial charge in [0.2, 0.25) is 0 Å². The molecule has 0 atom stereocenters. The van der Waals surface area contributed by atoms with Gasteiger partial charge in [0, 0.05) is 11.4 Å². The highest BCUT2D eigenvalue weighted by Crippen LogP contribution is 2.37. The molecule has 1 aliphatic carbocycles. The normalized spacial score (nSPS) is 13.5. The summed E-state index contributed by atoms with van der Waals surface area (Å²) in [6.07, 6.45) is 4.80. The van der Waals surface area contributed by atoms with Gasteiger partial charge in [-0.1, -0.05) is 0 Å². The summed E-state index contributed by atoms with van der Waals surface area (Å²) >= 11 is 1.67. The quantitative estimate of drug-likeness (QED) is 0.841. The van der Waals surface area contributed by atoms with Gasteiger partial charge in [0.05, 0.1) is 18.6 Å². The number of ether oxygens (including phenoxy) is 1. The maximum atomic E-state index is 11.3. The van der Waals surface area contributed by atoms with Crippen LogP contribution in [0, 0.1) is 11.3 Å². The summed E-state index contributed by atoms with van der Waals surface area (Å²) in [6.45, 7) is 2.73. The van der Waals surface area contributed by atoms with E-state index in [0.717, 1.165) is 23.4 Å². The van der Waals surface area contributed by atoms with Crippen LogP contribution in [0.15, 0.2) is 0 Å². The second-order valence-corrected chi connectivity index (χ2v) is 5.61. The summed E-state index contributed by atoms with van der Waals surface area (Å²) in [4.78, 5) is 12.6. The molecule has 1 aromatic heterocycles. The molecule has 0 fully saturated rings. The minimum Gasteiger partial charge on any atom is -0.466 e. The molecular formula is C14H18N2O2S. The largest absolute Gasteiger partial charge is 0.466 e. The van der Waals surface area contributed by atoms with E-state index in [0.29, 0.717) is 19.6 Å². The fourth-order valence-electron chi connectivity index (χ4n) is 2.32. The van der Waals surface area contributed by atoms with Crippen molar-refractivity contribution in [2.24, 2.45) is 0 Å². The zero-order valence-corrected chi connectivity index (χ0v) is 11.9. The van der Waals surface area contributed by atoms with E-state index in [1.54, 1.807) is 18.3 Å². The van der Waals surface area contributed by atoms with Crippen molar-refractivity contribution in [1.82, 2.24) is 0 Å². The number of hydrogen-bond acceptors (Lipinski definition) is 5. The maximum absolute atomic E-state index is 11.3. The molecule has 102 valence electrons. The lowest BCUT2D eigenvalue weighted by molar-refractivity contribution is -0.142. The van der Waals surface area contributed by atoms with Gasteiger partial charge in [0.15, 0.2) is 0 Å². The van der Waals surface area contributed by atoms with Crippen LogP contribution in [0.3, 0.4) is 0 Å². The Hall–Kier alpha value is -1.54. The van der Waals surface area contributed by atoms with Crippen molar-refractivity contribution in [3.8, 4) is 6.07 Å². The number of rotatable bonds is 5. The molecule has 0 bridgehead atoms. The van der Waals surface area contributed by atoms with Gasteiger partial charge in [-0.3, -0.25) is 4.79 Å². The first kappa shape index (κ1) is 13.9. The molecule has 4 nitrogen and oxygen atoms in total. The lowest BCUT2D eigenvalue weighted by Gasteiger charge is -2.09. The number of carbonyl (C=O) groups excluding carboxylic acids is 1. The highest BCUT2D eigenvalue weighted by atomic mass is 32.1. The second-order valence-electron chi connectivity index (χ2n) is 4.51. The van der Waals surface area contributed by atoms with Gasteiger partial charge in [-0.2, -0.15) is 5.26 Å². The van der Waals surface area contributed by atoms with Crippen LogP contribution in [0.5, 0.6) is 0 Å². The fourth-order valence-corrected chi connectivity index (χ4v) is 3.59. The van der Waals surface area contributed by atoms with Crippen LogP contribution in [0.1, 0.15) is 42.2 Å². The highest BCUT2D eigenvalue weighted by Gasteiger charge is 2.20. The van der Waals surface area contributed by atoms with Crippen LogP contribution in [0.25, 0.3) is 0 Å². The van der Waals surface area contributed by atoms with E-state index in [1.165, 1.54) is 23.3 Å². The number of thiophene rings is 1. The number of nitrogens with one attached hydrogen (secondary N) is 1. The smallest absolute Gasteiger partial charge is 0.307 e. The summed E-state index contributed by atoms with van der Waals surface area (Å²) in [6, 6.07) is 2.30. The Kier molecular flexibility index (Phi) is 4.80. The van der Waals surface area contributed by atoms with Gasteiger partial charge < -0.3 is 10.1 Å². The fraction of sp³-hybridized carbons (Fsp3) is 0.571. The van der Waals surface area contributed by atoms with E-state index in [2.05, 4.69) is 11.4 Å². The summed E-state index contributed by atoms with van der Waals surface area (Å²) in [7, 11) is 0. The van der Waals surface area contributed by atoms with Gasteiger partial charge >= 0.3 is 5.97 Å². The lowest BCUT2D eigenvalue weighted by Crippen LogP contribution is -2.11. The van der Waals surface area contributed by atoms with Gasteiger partial charge in [-0.15, -0.1) is 11.3 Å². The molecule has 1 N–H and O–H groups in total. The Labute approximate surface area is 117 Å². The van der Waals surface area contributed by atoms with Crippen molar-refractivity contribution in [3.63, 3.8) is 0 Å². The van der Waals surface area contributed by atoms with Crippen molar-refractivity contribution in [1.29, 1.82) is 5.26 Å². The number of aryl methyl sites for hydroxylation is 1. The average molecular weight is 278 g/mol. The molecule has 0 aromatic carbocycles. The van der Waals surface area contributed by atoms with E-state index in [1.807, 2.05) is 0 Å². The second kappa shape index (κ2) is 6.58. The maximum Gasteiger partial charge on any atom is 0.307 e. The standard InChI is InChI=1S/C14H18N2O2S/c1-2-18-13(17)7-8-16-14-11(9-15)10-5-3-4-6-12(10)19-14/h16H,2-8H2,1H3. The minimum atomic E-state index is -0.199. The van der Waals surface area contributed by atoms with Gasteiger partial charge in [-0.25, -0.2) is 0 Å². The number of nitriles is 1. The Bertz CT molecular complexity index is 502. The van der Waals surface area contributed by atoms with Crippen LogP contribution in [0.2, 0.25) is 0 Å². The summed E-state index contributed by atoms with van der Waals surface area (Å²) in [5, 5.41) is 13.4. The molecule has 1 heterocycles. The predicted octanol–water partition coefficient (Wildman–Crippen LogP) is 2.86. The number of esters is 1. The Morgan fingerprint density at radius 2 is 2.26 bits per heavy atom. The molecule has 0 radical (unpaired) electrons. The molecule has 0 saturated carbocycles.